The summed E-state index contributed by atoms with van der Waals surface area (Å²) in [6.07, 6.45) is 3.30. The van der Waals surface area contributed by atoms with Crippen LogP contribution >= 0.6 is 35.0 Å². The lowest BCUT2D eigenvalue weighted by atomic mass is 10.3. The largest absolute Gasteiger partial charge is 0.365 e. The van der Waals surface area contributed by atoms with Crippen LogP contribution in [0.5, 0.6) is 0 Å². The van der Waals surface area contributed by atoms with Gasteiger partial charge in [0.25, 0.3) is 5.91 Å². The Morgan fingerprint density at radius 3 is 2.65 bits per heavy atom. The zero-order chi connectivity index (χ0) is 14.7. The minimum absolute atomic E-state index is 0.00118. The lowest BCUT2D eigenvalue weighted by Gasteiger charge is -2.11. The van der Waals surface area contributed by atoms with E-state index in [0.717, 1.165) is 0 Å². The summed E-state index contributed by atoms with van der Waals surface area (Å²) in [5, 5.41) is 3.71. The van der Waals surface area contributed by atoms with Crippen LogP contribution in [0.25, 0.3) is 0 Å². The van der Waals surface area contributed by atoms with E-state index >= 15 is 0 Å². The van der Waals surface area contributed by atoms with Crippen LogP contribution in [-0.2, 0) is 0 Å². The quantitative estimate of drug-likeness (QED) is 0.387. The van der Waals surface area contributed by atoms with E-state index in [4.69, 9.17) is 28.9 Å². The third-order valence-electron chi connectivity index (χ3n) is 2.26. The molecule has 6 nitrogen and oxygen atoms in total. The molecular weight excluding hydrogens is 321 g/mol. The fourth-order valence-electron chi connectivity index (χ4n) is 1.40. The van der Waals surface area contributed by atoms with Gasteiger partial charge in [0, 0.05) is 0 Å². The molecule has 9 heteroatoms. The topological polar surface area (TPSA) is 93.8 Å². The van der Waals surface area contributed by atoms with Gasteiger partial charge in [-0.3, -0.25) is 4.79 Å². The number of nitrogens with two attached hydrogens (primary N) is 1. The molecule has 2 aromatic rings. The molecule has 0 aliphatic carbocycles. The smallest absolute Gasteiger partial charge is 0.255 e. The molecule has 0 atom stereocenters. The summed E-state index contributed by atoms with van der Waals surface area (Å²) in [6, 6.07) is 3.29. The number of carbonyl (C=O) groups excluding carboxylic acids is 1. The zero-order valence-corrected chi connectivity index (χ0v) is 12.6. The van der Waals surface area contributed by atoms with E-state index in [1.54, 1.807) is 18.4 Å². The normalized spacial score (nSPS) is 10.3. The number of aromatic nitrogens is 3. The molecule has 3 N–H and O–H groups in total. The van der Waals surface area contributed by atoms with Crippen LogP contribution in [0, 0.1) is 0 Å². The van der Waals surface area contributed by atoms with Gasteiger partial charge in [0.1, 0.15) is 21.7 Å². The molecule has 1 amide bonds. The van der Waals surface area contributed by atoms with Crippen molar-refractivity contribution in [2.45, 2.75) is 5.16 Å². The highest BCUT2D eigenvalue weighted by atomic mass is 35.5. The molecule has 2 heterocycles. The maximum absolute atomic E-state index is 11.5. The van der Waals surface area contributed by atoms with E-state index < -0.39 is 5.91 Å². The van der Waals surface area contributed by atoms with Gasteiger partial charge in [0.05, 0.1) is 11.9 Å². The van der Waals surface area contributed by atoms with Crippen molar-refractivity contribution in [3.05, 3.63) is 34.2 Å². The third kappa shape index (κ3) is 3.30. The summed E-state index contributed by atoms with van der Waals surface area (Å²) in [5.74, 6) is -0.488. The highest BCUT2D eigenvalue weighted by Gasteiger charge is 2.18. The average molecular weight is 330 g/mol. The zero-order valence-electron chi connectivity index (χ0n) is 10.2. The molecule has 0 aromatic carbocycles. The molecule has 2 aromatic heterocycles. The van der Waals surface area contributed by atoms with Crippen LogP contribution in [0.3, 0.4) is 0 Å². The van der Waals surface area contributed by atoms with Gasteiger partial charge in [-0.1, -0.05) is 35.0 Å². The second-order valence-electron chi connectivity index (χ2n) is 3.58. The van der Waals surface area contributed by atoms with Gasteiger partial charge in [0.2, 0.25) is 0 Å². The average Bonchev–Trinajstić information content (AvgIpc) is 2.40. The van der Waals surface area contributed by atoms with Gasteiger partial charge in [-0.15, -0.1) is 0 Å². The predicted octanol–water partition coefficient (Wildman–Crippen LogP) is 2.74. The van der Waals surface area contributed by atoms with E-state index in [2.05, 4.69) is 20.3 Å². The number of rotatable bonds is 4. The number of hydrogen-bond donors (Lipinski definition) is 2. The van der Waals surface area contributed by atoms with Gasteiger partial charge in [0.15, 0.2) is 5.16 Å². The summed E-state index contributed by atoms with van der Waals surface area (Å²) in [5.41, 5.74) is 5.92. The summed E-state index contributed by atoms with van der Waals surface area (Å²) in [7, 11) is 0. The molecule has 2 rings (SSSR count). The monoisotopic (exact) mass is 329 g/mol. The molecule has 104 valence electrons. The third-order valence-corrected chi connectivity index (χ3v) is 3.31. The number of amides is 1. The predicted molar refractivity (Wildman–Crippen MR) is 79.9 cm³/mol. The first-order chi connectivity index (χ1) is 9.51. The molecule has 0 unspecified atom stereocenters. The van der Waals surface area contributed by atoms with Crippen LogP contribution in [0.2, 0.25) is 10.3 Å². The fraction of sp³-hybridized carbons (Fsp3) is 0.0909. The van der Waals surface area contributed by atoms with E-state index in [9.17, 15) is 4.79 Å². The number of nitrogens with one attached hydrogen (secondary N) is 1. The SMILES string of the molecule is CSc1nc(Cl)c(C(N)=O)c(Nc2ccc(Cl)nc2)n1. The van der Waals surface area contributed by atoms with Crippen molar-refractivity contribution in [1.82, 2.24) is 15.0 Å². The van der Waals surface area contributed by atoms with Gasteiger partial charge in [-0.25, -0.2) is 15.0 Å². The van der Waals surface area contributed by atoms with Crippen molar-refractivity contribution in [3.63, 3.8) is 0 Å². The van der Waals surface area contributed by atoms with Crippen LogP contribution < -0.4 is 11.1 Å². The second-order valence-corrected chi connectivity index (χ2v) is 5.10. The lowest BCUT2D eigenvalue weighted by molar-refractivity contribution is 0.100. The minimum Gasteiger partial charge on any atom is -0.365 e. The van der Waals surface area contributed by atoms with Crippen molar-refractivity contribution in [1.29, 1.82) is 0 Å². The number of halogens is 2. The van der Waals surface area contributed by atoms with Gasteiger partial charge >= 0.3 is 0 Å². The first-order valence-corrected chi connectivity index (χ1v) is 7.29. The number of nitrogens with zero attached hydrogens (tertiary/aromatic N) is 3. The Hall–Kier alpha value is -1.57. The van der Waals surface area contributed by atoms with E-state index in [-0.39, 0.29) is 16.5 Å². The van der Waals surface area contributed by atoms with Crippen LogP contribution in [-0.4, -0.2) is 27.1 Å². The molecule has 0 radical (unpaired) electrons. The first-order valence-electron chi connectivity index (χ1n) is 5.31. The fourth-order valence-corrected chi connectivity index (χ4v) is 2.19. The summed E-state index contributed by atoms with van der Waals surface area (Å²) in [4.78, 5) is 23.5. The highest BCUT2D eigenvalue weighted by Crippen LogP contribution is 2.26. The first kappa shape index (κ1) is 14.8. The van der Waals surface area contributed by atoms with E-state index in [1.807, 2.05) is 0 Å². The number of primary amides is 1. The Labute approximate surface area is 129 Å². The molecule has 0 fully saturated rings. The van der Waals surface area contributed by atoms with Crippen molar-refractivity contribution in [2.24, 2.45) is 5.73 Å². The molecule has 0 saturated heterocycles. The number of anilines is 2. The van der Waals surface area contributed by atoms with Gasteiger partial charge in [-0.2, -0.15) is 0 Å². The summed E-state index contributed by atoms with van der Waals surface area (Å²) >= 11 is 13.0. The van der Waals surface area contributed by atoms with Gasteiger partial charge in [-0.05, 0) is 18.4 Å². The Kier molecular flexibility index (Phi) is 4.64. The number of hydrogen-bond acceptors (Lipinski definition) is 6. The minimum atomic E-state index is -0.716. The van der Waals surface area contributed by atoms with E-state index in [1.165, 1.54) is 18.0 Å². The van der Waals surface area contributed by atoms with Crippen LogP contribution in [0.4, 0.5) is 11.5 Å². The number of thioether (sulfide) groups is 1. The maximum Gasteiger partial charge on any atom is 0.255 e. The van der Waals surface area contributed by atoms with E-state index in [0.29, 0.717) is 16.0 Å². The molecule has 0 aliphatic heterocycles. The van der Waals surface area contributed by atoms with Crippen molar-refractivity contribution >= 4 is 52.4 Å². The highest BCUT2D eigenvalue weighted by molar-refractivity contribution is 7.98. The van der Waals surface area contributed by atoms with Crippen LogP contribution in [0.1, 0.15) is 10.4 Å². The molecule has 0 saturated carbocycles. The van der Waals surface area contributed by atoms with Crippen molar-refractivity contribution in [2.75, 3.05) is 11.6 Å². The van der Waals surface area contributed by atoms with Crippen molar-refractivity contribution in [3.8, 4) is 0 Å². The number of pyridine rings is 1. The second kappa shape index (κ2) is 6.25. The Bertz CT molecular complexity index is 650. The standard InChI is InChI=1S/C11H9Cl2N5OS/c1-20-11-17-8(13)7(9(14)19)10(18-11)16-5-2-3-6(12)15-4-5/h2-4H,1H3,(H2,14,19)(H,16,17,18). The Morgan fingerprint density at radius 2 is 2.10 bits per heavy atom. The Morgan fingerprint density at radius 1 is 1.35 bits per heavy atom. The maximum atomic E-state index is 11.5. The van der Waals surface area contributed by atoms with Crippen LogP contribution in [0.15, 0.2) is 23.5 Å². The summed E-state index contributed by atoms with van der Waals surface area (Å²) in [6.45, 7) is 0. The number of carbonyl (C=O) groups is 1. The van der Waals surface area contributed by atoms with Gasteiger partial charge < -0.3 is 11.1 Å². The molecule has 20 heavy (non-hydrogen) atoms. The molecule has 0 aliphatic rings. The van der Waals surface area contributed by atoms with Crippen molar-refractivity contribution < 1.29 is 4.79 Å². The molecular formula is C11H9Cl2N5OS. The molecule has 0 bridgehead atoms. The lowest BCUT2D eigenvalue weighted by Crippen LogP contribution is -2.16. The molecule has 0 spiro atoms. The summed E-state index contributed by atoms with van der Waals surface area (Å²) < 4.78 is 0. The Balaban J connectivity index is 2.45.